The molecule has 3 aliphatic heterocycles. The summed E-state index contributed by atoms with van der Waals surface area (Å²) >= 11 is 0. The average Bonchev–Trinajstić information content (AvgIpc) is 3.16. The predicted molar refractivity (Wildman–Crippen MR) is 201 cm³/mol. The number of carbonyl (C=O) groups excluding carboxylic acids is 1. The molecule has 53 heavy (non-hydrogen) atoms. The van der Waals surface area contributed by atoms with Crippen molar-refractivity contribution < 1.29 is 34.4 Å². The van der Waals surface area contributed by atoms with Gasteiger partial charge in [-0.15, -0.1) is 0 Å². The number of carboxylic acid groups (broad SMARTS) is 1. The standard InChI is InChI=1S/C41H50N4O8/c1-41(39(49)50,20-7-2-3-8-21-42-25-34(47)31-14-16-33(46)38-32(31)15-17-36(48)43-38)53-30-13-9-12-29(24-30)37(28-10-5-4-6-11-28)44-40(51)52-35-26-45-22-18-27(35)19-23-45/h4-6,9-17,24,27,34-35,37,42,46-47H,2-3,7-8,18-23,25-26H2,1H3,(H,43,48)(H,44,51)(H,49,50)/t34-,35-,37?,41?/m0/s1. The molecule has 6 N–H and O–H groups in total. The minimum atomic E-state index is -1.46. The Morgan fingerprint density at radius 1 is 0.962 bits per heavy atom. The van der Waals surface area contributed by atoms with Gasteiger partial charge in [-0.3, -0.25) is 9.69 Å². The van der Waals surface area contributed by atoms with Crippen LogP contribution in [-0.4, -0.2) is 81.7 Å². The number of phenols is 1. The third-order valence-corrected chi connectivity index (χ3v) is 10.6. The Hall–Kier alpha value is -4.91. The van der Waals surface area contributed by atoms with E-state index in [0.29, 0.717) is 54.1 Å². The summed E-state index contributed by atoms with van der Waals surface area (Å²) in [5.74, 6) is -0.321. The van der Waals surface area contributed by atoms with Crippen LogP contribution < -0.4 is 20.9 Å². The number of hydrogen-bond acceptors (Lipinski definition) is 9. The molecule has 0 radical (unpaired) electrons. The minimum Gasteiger partial charge on any atom is -0.506 e. The first-order chi connectivity index (χ1) is 25.6. The normalized spacial score (nSPS) is 20.3. The zero-order valence-electron chi connectivity index (χ0n) is 30.1. The van der Waals surface area contributed by atoms with E-state index in [9.17, 15) is 29.7 Å². The first kappa shape index (κ1) is 37.8. The summed E-state index contributed by atoms with van der Waals surface area (Å²) in [5, 5.41) is 38.0. The van der Waals surface area contributed by atoms with E-state index in [1.807, 2.05) is 36.4 Å². The zero-order valence-corrected chi connectivity index (χ0v) is 30.1. The van der Waals surface area contributed by atoms with E-state index in [4.69, 9.17) is 9.47 Å². The van der Waals surface area contributed by atoms with E-state index >= 15 is 0 Å². The number of benzene rings is 3. The molecule has 12 heteroatoms. The lowest BCUT2D eigenvalue weighted by molar-refractivity contribution is -0.154. The molecule has 12 nitrogen and oxygen atoms in total. The highest BCUT2D eigenvalue weighted by atomic mass is 16.6. The molecular formula is C41H50N4O8. The highest BCUT2D eigenvalue weighted by Crippen LogP contribution is 2.32. The van der Waals surface area contributed by atoms with Crippen molar-refractivity contribution in [1.82, 2.24) is 20.5 Å². The highest BCUT2D eigenvalue weighted by molar-refractivity contribution is 5.87. The van der Waals surface area contributed by atoms with Gasteiger partial charge in [-0.05, 0) is 106 Å². The summed E-state index contributed by atoms with van der Waals surface area (Å²) in [6.07, 6.45) is 4.08. The molecule has 4 heterocycles. The van der Waals surface area contributed by atoms with Crippen molar-refractivity contribution in [2.75, 3.05) is 32.7 Å². The Labute approximate surface area is 309 Å². The van der Waals surface area contributed by atoms with Gasteiger partial charge >= 0.3 is 12.1 Å². The van der Waals surface area contributed by atoms with Crippen LogP contribution in [0.1, 0.15) is 80.7 Å². The van der Waals surface area contributed by atoms with Gasteiger partial charge in [0.25, 0.3) is 0 Å². The number of rotatable bonds is 17. The third-order valence-electron chi connectivity index (χ3n) is 10.6. The average molecular weight is 727 g/mol. The molecule has 3 fully saturated rings. The summed E-state index contributed by atoms with van der Waals surface area (Å²) in [7, 11) is 0. The number of carbonyl (C=O) groups is 2. The number of nitrogens with one attached hydrogen (secondary N) is 3. The number of hydrogen-bond donors (Lipinski definition) is 6. The van der Waals surface area contributed by atoms with Crippen LogP contribution in [0.15, 0.2) is 83.7 Å². The number of ether oxygens (including phenoxy) is 2. The molecule has 2 bridgehead atoms. The second-order valence-corrected chi connectivity index (χ2v) is 14.4. The smallest absolute Gasteiger partial charge is 0.408 e. The van der Waals surface area contributed by atoms with Gasteiger partial charge in [0.2, 0.25) is 11.2 Å². The molecule has 2 unspecified atom stereocenters. The molecule has 0 aliphatic carbocycles. The molecule has 4 aromatic rings. The monoisotopic (exact) mass is 726 g/mol. The van der Waals surface area contributed by atoms with E-state index in [-0.39, 0.29) is 17.4 Å². The van der Waals surface area contributed by atoms with Crippen LogP contribution in [0.2, 0.25) is 0 Å². The Balaban J connectivity index is 0.989. The van der Waals surface area contributed by atoms with E-state index in [0.717, 1.165) is 62.9 Å². The lowest BCUT2D eigenvalue weighted by atomic mass is 9.86. The Kier molecular flexibility index (Phi) is 12.3. The molecule has 0 saturated carbocycles. The summed E-state index contributed by atoms with van der Waals surface area (Å²) in [6.45, 7) is 5.42. The molecule has 3 aliphatic rings. The quantitative estimate of drug-likeness (QED) is 0.0748. The van der Waals surface area contributed by atoms with Gasteiger partial charge in [0.1, 0.15) is 17.6 Å². The maximum atomic E-state index is 13.2. The number of carboxylic acids is 1. The van der Waals surface area contributed by atoms with Crippen molar-refractivity contribution in [2.24, 2.45) is 5.92 Å². The van der Waals surface area contributed by atoms with Gasteiger partial charge in [-0.2, -0.15) is 0 Å². The van der Waals surface area contributed by atoms with Crippen molar-refractivity contribution in [2.45, 2.75) is 75.7 Å². The highest BCUT2D eigenvalue weighted by Gasteiger charge is 2.37. The lowest BCUT2D eigenvalue weighted by Gasteiger charge is -2.43. The summed E-state index contributed by atoms with van der Waals surface area (Å²) < 4.78 is 12.1. The van der Waals surface area contributed by atoms with Crippen LogP contribution in [-0.2, 0) is 9.53 Å². The van der Waals surface area contributed by atoms with Gasteiger partial charge < -0.3 is 40.4 Å². The van der Waals surface area contributed by atoms with Crippen molar-refractivity contribution >= 4 is 23.0 Å². The number of piperidine rings is 3. The van der Waals surface area contributed by atoms with Gasteiger partial charge in [-0.1, -0.05) is 61.4 Å². The summed E-state index contributed by atoms with van der Waals surface area (Å²) in [6, 6.07) is 22.4. The number of amides is 1. The Morgan fingerprint density at radius 2 is 1.72 bits per heavy atom. The van der Waals surface area contributed by atoms with Crippen molar-refractivity contribution in [3.8, 4) is 11.5 Å². The largest absolute Gasteiger partial charge is 0.506 e. The van der Waals surface area contributed by atoms with Crippen LogP contribution >= 0.6 is 0 Å². The van der Waals surface area contributed by atoms with E-state index in [2.05, 4.69) is 20.5 Å². The molecular weight excluding hydrogens is 676 g/mol. The molecule has 3 saturated heterocycles. The number of fused-ring (bicyclic) bond motifs is 4. The van der Waals surface area contributed by atoms with Gasteiger partial charge in [-0.25, -0.2) is 9.59 Å². The number of pyridine rings is 1. The number of nitrogens with zero attached hydrogens (tertiary/aromatic N) is 1. The summed E-state index contributed by atoms with van der Waals surface area (Å²) in [4.78, 5) is 42.4. The SMILES string of the molecule is CC(CCCCCCNC[C@H](O)c1ccc(O)c2[nH]c(=O)ccc12)(Oc1cccc(C(NC(=O)O[C@H]2CN3CCC2CC3)c2ccccc2)c1)C(=O)O. The fourth-order valence-electron chi connectivity index (χ4n) is 7.52. The van der Waals surface area contributed by atoms with Gasteiger partial charge in [0, 0.05) is 24.5 Å². The maximum absolute atomic E-state index is 13.2. The lowest BCUT2D eigenvalue weighted by Crippen LogP contribution is -2.52. The first-order valence-electron chi connectivity index (χ1n) is 18.6. The molecule has 4 atom stereocenters. The Bertz CT molecular complexity index is 1910. The van der Waals surface area contributed by atoms with Crippen molar-refractivity contribution in [3.63, 3.8) is 0 Å². The number of aromatic hydroxyl groups is 1. The second-order valence-electron chi connectivity index (χ2n) is 14.4. The number of unbranched alkanes of at least 4 members (excludes halogenated alkanes) is 3. The number of H-pyrrole nitrogens is 1. The van der Waals surface area contributed by atoms with Crippen molar-refractivity contribution in [1.29, 1.82) is 0 Å². The van der Waals surface area contributed by atoms with Crippen molar-refractivity contribution in [3.05, 3.63) is 106 Å². The number of aromatic nitrogens is 1. The molecule has 282 valence electrons. The number of aliphatic hydroxyl groups excluding tert-OH is 1. The van der Waals surface area contributed by atoms with E-state index in [1.165, 1.54) is 12.1 Å². The van der Waals surface area contributed by atoms with Gasteiger partial charge in [0.05, 0.1) is 17.7 Å². The number of phenolic OH excluding ortho intramolecular Hbond substituents is 1. The minimum absolute atomic E-state index is 0.0537. The second kappa shape index (κ2) is 17.3. The fourth-order valence-corrected chi connectivity index (χ4v) is 7.52. The fraction of sp³-hybridized carbons (Fsp3) is 0.439. The molecule has 1 amide bonds. The number of aliphatic hydroxyl groups is 1. The summed E-state index contributed by atoms with van der Waals surface area (Å²) in [5.41, 5.74) is 0.729. The van der Waals surface area contributed by atoms with Crippen LogP contribution in [0.25, 0.3) is 10.9 Å². The maximum Gasteiger partial charge on any atom is 0.408 e. The number of alkyl carbamates (subject to hydrolysis) is 1. The molecule has 3 aromatic carbocycles. The Morgan fingerprint density at radius 3 is 2.45 bits per heavy atom. The molecule has 1 aromatic heterocycles. The zero-order chi connectivity index (χ0) is 37.4. The van der Waals surface area contributed by atoms with E-state index in [1.54, 1.807) is 37.3 Å². The molecule has 7 rings (SSSR count). The number of aliphatic carboxylic acids is 1. The van der Waals surface area contributed by atoms with Crippen LogP contribution in [0.5, 0.6) is 11.5 Å². The van der Waals surface area contributed by atoms with E-state index < -0.39 is 29.8 Å². The predicted octanol–water partition coefficient (Wildman–Crippen LogP) is 5.64. The number of aromatic amines is 1. The topological polar surface area (TPSA) is 173 Å². The third kappa shape index (κ3) is 9.56. The van der Waals surface area contributed by atoms with Crippen LogP contribution in [0, 0.1) is 5.92 Å². The molecule has 0 spiro atoms. The first-order valence-corrected chi connectivity index (χ1v) is 18.6. The van der Waals surface area contributed by atoms with Crippen LogP contribution in [0.4, 0.5) is 4.79 Å². The van der Waals surface area contributed by atoms with Crippen LogP contribution in [0.3, 0.4) is 0 Å². The van der Waals surface area contributed by atoms with Gasteiger partial charge in [0.15, 0.2) is 0 Å².